The van der Waals surface area contributed by atoms with E-state index in [4.69, 9.17) is 5.73 Å². The molecule has 5 atom stereocenters. The molecule has 1 saturated heterocycles. The number of aliphatic hydroxyl groups is 2. The number of hydrogen-bond acceptors (Lipinski definition) is 5. The Labute approximate surface area is 255 Å². The molecule has 0 aliphatic carbocycles. The highest BCUT2D eigenvalue weighted by Crippen LogP contribution is 2.26. The van der Waals surface area contributed by atoms with Crippen LogP contribution in [0.4, 0.5) is 0 Å². The molecule has 1 aliphatic rings. The smallest absolute Gasteiger partial charge is 0.292 e. The van der Waals surface area contributed by atoms with Crippen molar-refractivity contribution >= 4 is 23.5 Å². The molecule has 2 aromatic rings. The van der Waals surface area contributed by atoms with Crippen molar-refractivity contribution in [3.8, 4) is 0 Å². The van der Waals surface area contributed by atoms with Crippen molar-refractivity contribution in [2.24, 2.45) is 17.6 Å². The molecule has 3 rings (SSSR count). The van der Waals surface area contributed by atoms with Crippen molar-refractivity contribution in [1.82, 2.24) is 16.0 Å². The Morgan fingerprint density at radius 1 is 0.744 bits per heavy atom. The number of epoxide rings is 1. The third-order valence-electron chi connectivity index (χ3n) is 7.68. The van der Waals surface area contributed by atoms with Crippen LogP contribution in [0, 0.1) is 11.8 Å². The Morgan fingerprint density at radius 2 is 1.21 bits per heavy atom. The average Bonchev–Trinajstić information content (AvgIpc) is 3.73. The summed E-state index contributed by atoms with van der Waals surface area (Å²) in [5.74, 6) is -1.19. The number of Topliss-reactive ketones (excluding diaryl/α,β-unsaturated/α-hetero) is 1. The van der Waals surface area contributed by atoms with Gasteiger partial charge in [-0.3, -0.25) is 19.2 Å². The molecule has 9 heteroatoms. The second-order valence-corrected chi connectivity index (χ2v) is 12.7. The lowest BCUT2D eigenvalue weighted by Crippen LogP contribution is -2.58. The van der Waals surface area contributed by atoms with Gasteiger partial charge in [0, 0.05) is 13.3 Å². The van der Waals surface area contributed by atoms with Crippen LogP contribution in [-0.2, 0) is 32.0 Å². The lowest BCUT2D eigenvalue weighted by Gasteiger charge is -2.27. The maximum atomic E-state index is 13.7. The van der Waals surface area contributed by atoms with Gasteiger partial charge in [0.15, 0.2) is 0 Å². The standard InChI is InChI=1S/C34H48N4O5/c1-22(2)18-27(30(39)34(5)21-43-34)36-33(42)29(20-25-14-10-7-11-15-25)38-32(41)28(19-23(3)4)37-31(40)26(35)17-16-24-12-8-6-9-13-24/h6-15,22-23,26-29H,16-21,35H2,1-5H3,(H,36,42)(H,37,40)(H,38,41)/p+1/t26-,27?,28?,29-,34+/m0/s1. The van der Waals surface area contributed by atoms with Crippen molar-refractivity contribution < 1.29 is 23.9 Å². The van der Waals surface area contributed by atoms with Gasteiger partial charge in [-0.05, 0) is 48.6 Å². The fourth-order valence-electron chi connectivity index (χ4n) is 5.04. The highest BCUT2D eigenvalue weighted by atomic mass is 16.6. The van der Waals surface area contributed by atoms with E-state index in [1.807, 2.05) is 88.4 Å². The Balaban J connectivity index is 1.74. The molecule has 0 bridgehead atoms. The van der Waals surface area contributed by atoms with E-state index < -0.39 is 47.5 Å². The van der Waals surface area contributed by atoms with Crippen LogP contribution in [0.1, 0.15) is 65.0 Å². The minimum atomic E-state index is -0.959. The topological polar surface area (TPSA) is 143 Å². The van der Waals surface area contributed by atoms with Gasteiger partial charge in [-0.2, -0.15) is 0 Å². The number of ether oxygens (including phenoxy) is 1. The van der Waals surface area contributed by atoms with E-state index in [1.54, 1.807) is 6.92 Å². The maximum Gasteiger partial charge on any atom is 0.292 e. The molecule has 6 N–H and O–H groups in total. The van der Waals surface area contributed by atoms with Crippen molar-refractivity contribution in [3.05, 3.63) is 71.8 Å². The number of amides is 3. The number of rotatable bonds is 17. The molecule has 43 heavy (non-hydrogen) atoms. The largest absolute Gasteiger partial charge is 0.411 e. The summed E-state index contributed by atoms with van der Waals surface area (Å²) >= 11 is 0. The number of ketones is 1. The van der Waals surface area contributed by atoms with Crippen molar-refractivity contribution in [2.45, 2.75) is 96.5 Å². The Kier molecular flexibility index (Phi) is 12.5. The first-order chi connectivity index (χ1) is 20.4. The van der Waals surface area contributed by atoms with Gasteiger partial charge in [-0.15, -0.1) is 0 Å². The van der Waals surface area contributed by atoms with Crippen LogP contribution in [0.25, 0.3) is 0 Å². The summed E-state index contributed by atoms with van der Waals surface area (Å²) in [7, 11) is 0. The van der Waals surface area contributed by atoms with Gasteiger partial charge < -0.3 is 26.4 Å². The lowest BCUT2D eigenvalue weighted by molar-refractivity contribution is -0.135. The molecular weight excluding hydrogens is 544 g/mol. The number of nitrogens with one attached hydrogen (secondary N) is 3. The van der Waals surface area contributed by atoms with Gasteiger partial charge >= 0.3 is 0 Å². The molecule has 9 nitrogen and oxygen atoms in total. The second-order valence-electron chi connectivity index (χ2n) is 12.7. The van der Waals surface area contributed by atoms with Crippen LogP contribution in [-0.4, -0.2) is 64.6 Å². The predicted molar refractivity (Wildman–Crippen MR) is 168 cm³/mol. The van der Waals surface area contributed by atoms with Gasteiger partial charge in [0.2, 0.25) is 30.1 Å². The minimum absolute atomic E-state index is 0.0917. The third kappa shape index (κ3) is 10.9. The minimum Gasteiger partial charge on any atom is -0.411 e. The number of hydrogen-bond donors (Lipinski definition) is 4. The third-order valence-corrected chi connectivity index (χ3v) is 7.68. The van der Waals surface area contributed by atoms with Crippen molar-refractivity contribution in [2.75, 3.05) is 6.61 Å². The number of benzene rings is 2. The first-order valence-electron chi connectivity index (χ1n) is 15.4. The van der Waals surface area contributed by atoms with Crippen LogP contribution in [0.5, 0.6) is 0 Å². The SMILES string of the molecule is CC(C)CC(NC(=O)[C@@H](N)CCc1ccccc1)C(=O)N[C@@H](Cc1ccccc1)C(=O)NC(CC(C)C)C(=O)[C@@]1(C)C[OH+]1. The highest BCUT2D eigenvalue weighted by Gasteiger charge is 2.58. The van der Waals surface area contributed by atoms with Crippen LogP contribution in [0.2, 0.25) is 0 Å². The first kappa shape index (κ1) is 33.9. The maximum absolute atomic E-state index is 13.7. The van der Waals surface area contributed by atoms with E-state index in [2.05, 4.69) is 20.7 Å². The van der Waals surface area contributed by atoms with E-state index in [0.717, 1.165) is 11.1 Å². The second kappa shape index (κ2) is 15.8. The quantitative estimate of drug-likeness (QED) is 0.165. The van der Waals surface area contributed by atoms with E-state index in [0.29, 0.717) is 32.3 Å². The molecule has 2 aromatic carbocycles. The molecule has 1 heterocycles. The molecular formula is C34H49N4O5+. The molecule has 234 valence electrons. The van der Waals surface area contributed by atoms with Crippen LogP contribution in [0.3, 0.4) is 0 Å². The van der Waals surface area contributed by atoms with E-state index in [9.17, 15) is 19.2 Å². The predicted octanol–water partition coefficient (Wildman–Crippen LogP) is 2.61. The summed E-state index contributed by atoms with van der Waals surface area (Å²) in [4.78, 5) is 53.6. The zero-order chi connectivity index (χ0) is 31.6. The van der Waals surface area contributed by atoms with Gasteiger partial charge in [0.05, 0.1) is 12.1 Å². The normalized spacial score (nSPS) is 18.8. The number of carbonyl (C=O) groups is 4. The fourth-order valence-corrected chi connectivity index (χ4v) is 5.04. The number of aryl methyl sites for hydroxylation is 1. The van der Waals surface area contributed by atoms with Gasteiger partial charge in [-0.1, -0.05) is 88.4 Å². The Morgan fingerprint density at radius 3 is 1.74 bits per heavy atom. The van der Waals surface area contributed by atoms with Gasteiger partial charge in [0.1, 0.15) is 12.1 Å². The highest BCUT2D eigenvalue weighted by molar-refractivity contribution is 5.98. The molecule has 0 radical (unpaired) electrons. The van der Waals surface area contributed by atoms with Crippen LogP contribution in [0.15, 0.2) is 60.7 Å². The fraction of sp³-hybridized carbons (Fsp3) is 0.529. The van der Waals surface area contributed by atoms with Gasteiger partial charge in [-0.25, -0.2) is 0 Å². The molecule has 0 aromatic heterocycles. The van der Waals surface area contributed by atoms with Crippen molar-refractivity contribution in [1.29, 1.82) is 0 Å². The zero-order valence-corrected chi connectivity index (χ0v) is 26.1. The summed E-state index contributed by atoms with van der Waals surface area (Å²) in [6.45, 7) is 10.1. The zero-order valence-electron chi connectivity index (χ0n) is 26.1. The van der Waals surface area contributed by atoms with Crippen LogP contribution < -0.4 is 21.7 Å². The number of carbonyl (C=O) groups excluding carboxylic acids is 4. The summed E-state index contributed by atoms with van der Waals surface area (Å²) < 4.78 is 4.23. The van der Waals surface area contributed by atoms with Crippen molar-refractivity contribution in [3.63, 3.8) is 0 Å². The van der Waals surface area contributed by atoms with Gasteiger partial charge in [0.25, 0.3) is 5.60 Å². The summed E-state index contributed by atoms with van der Waals surface area (Å²) in [5.41, 5.74) is 7.38. The van der Waals surface area contributed by atoms with Crippen LogP contribution >= 0.6 is 0 Å². The lowest BCUT2D eigenvalue weighted by atomic mass is 9.93. The summed E-state index contributed by atoms with van der Waals surface area (Å²) in [6.07, 6.45) is 2.13. The number of nitrogens with two attached hydrogens (primary N) is 1. The molecule has 0 saturated carbocycles. The molecule has 3 amide bonds. The van der Waals surface area contributed by atoms with E-state index in [-0.39, 0.29) is 24.0 Å². The van der Waals surface area contributed by atoms with E-state index in [1.165, 1.54) is 0 Å². The average molecular weight is 594 g/mol. The summed E-state index contributed by atoms with van der Waals surface area (Å²) in [6, 6.07) is 15.8. The molecule has 2 unspecified atom stereocenters. The first-order valence-corrected chi connectivity index (χ1v) is 15.4. The molecule has 0 spiro atoms. The Hall–Kier alpha value is -3.56. The Bertz CT molecular complexity index is 1210. The molecule has 1 fully saturated rings. The van der Waals surface area contributed by atoms with E-state index >= 15 is 0 Å². The summed E-state index contributed by atoms with van der Waals surface area (Å²) in [5, 5.41) is 8.64. The monoisotopic (exact) mass is 593 g/mol. The molecule has 1 aliphatic heterocycles.